The number of benzene rings is 1. The molecule has 2 N–H and O–H groups in total. The van der Waals surface area contributed by atoms with Crippen molar-refractivity contribution >= 4 is 17.4 Å². The molecule has 1 saturated heterocycles. The number of aromatic nitrogens is 4. The Labute approximate surface area is 216 Å². The maximum atomic E-state index is 14.1. The molecule has 0 spiro atoms. The summed E-state index contributed by atoms with van der Waals surface area (Å²) in [5, 5.41) is 5.79. The minimum absolute atomic E-state index is 0.0876. The lowest BCUT2D eigenvalue weighted by atomic mass is 10.1. The van der Waals surface area contributed by atoms with Gasteiger partial charge in [-0.2, -0.15) is 0 Å². The smallest absolute Gasteiger partial charge is 0.316 e. The van der Waals surface area contributed by atoms with Gasteiger partial charge in [0.25, 0.3) is 5.91 Å². The molecule has 1 aliphatic heterocycles. The van der Waals surface area contributed by atoms with Gasteiger partial charge in [-0.3, -0.25) is 4.79 Å². The highest BCUT2D eigenvalue weighted by molar-refractivity contribution is 5.97. The second-order valence-electron chi connectivity index (χ2n) is 9.00. The largest absolute Gasteiger partial charge is 0.463 e. The minimum atomic E-state index is -0.395. The standard InChI is InChI=1S/C26H33FN8O2/c1-4-28-25(36)23-24(29-17-22(33-23)19-7-6-18(2)21(27)14-19)32-20-15-30-26(31-16-20)37-13-5-8-35-11-9-34(3)10-12-35/h6-7,14-17H,4-5,8-13H2,1-3H3,(H,28,36)(H,29,32). The van der Waals surface area contributed by atoms with Gasteiger partial charge in [-0.15, -0.1) is 0 Å². The Morgan fingerprint density at radius 1 is 1.11 bits per heavy atom. The number of nitrogens with zero attached hydrogens (tertiary/aromatic N) is 6. The van der Waals surface area contributed by atoms with Gasteiger partial charge in [-0.1, -0.05) is 12.1 Å². The number of aryl methyl sites for hydroxylation is 1. The Kier molecular flexibility index (Phi) is 8.91. The van der Waals surface area contributed by atoms with Crippen molar-refractivity contribution in [3.63, 3.8) is 0 Å². The van der Waals surface area contributed by atoms with E-state index in [0.717, 1.165) is 39.1 Å². The summed E-state index contributed by atoms with van der Waals surface area (Å²) in [6, 6.07) is 5.08. The average Bonchev–Trinajstić information content (AvgIpc) is 2.90. The lowest BCUT2D eigenvalue weighted by Gasteiger charge is -2.32. The van der Waals surface area contributed by atoms with Crippen molar-refractivity contribution in [3.05, 3.63) is 53.9 Å². The first-order valence-corrected chi connectivity index (χ1v) is 12.5. The number of carbonyl (C=O) groups is 1. The summed E-state index contributed by atoms with van der Waals surface area (Å²) in [7, 11) is 2.15. The molecule has 0 radical (unpaired) electrons. The van der Waals surface area contributed by atoms with Crippen molar-refractivity contribution in [1.82, 2.24) is 35.1 Å². The summed E-state index contributed by atoms with van der Waals surface area (Å²) >= 11 is 0. The molecule has 4 rings (SSSR count). The Morgan fingerprint density at radius 3 is 2.57 bits per heavy atom. The van der Waals surface area contributed by atoms with Gasteiger partial charge >= 0.3 is 6.01 Å². The zero-order valence-corrected chi connectivity index (χ0v) is 21.5. The topological polar surface area (TPSA) is 108 Å². The number of hydrogen-bond acceptors (Lipinski definition) is 9. The van der Waals surface area contributed by atoms with Crippen molar-refractivity contribution in [2.75, 3.05) is 58.2 Å². The Balaban J connectivity index is 1.39. The van der Waals surface area contributed by atoms with Crippen LogP contribution in [0, 0.1) is 12.7 Å². The number of ether oxygens (including phenoxy) is 1. The summed E-state index contributed by atoms with van der Waals surface area (Å²) < 4.78 is 19.8. The molecule has 196 valence electrons. The number of likely N-dealkylation sites (N-methyl/N-ethyl adjacent to an activating group) is 1. The molecule has 1 fully saturated rings. The number of nitrogens with one attached hydrogen (secondary N) is 2. The number of rotatable bonds is 10. The third kappa shape index (κ3) is 7.17. The monoisotopic (exact) mass is 508 g/mol. The van der Waals surface area contributed by atoms with E-state index in [0.29, 0.717) is 35.7 Å². The van der Waals surface area contributed by atoms with Gasteiger partial charge < -0.3 is 25.2 Å². The molecule has 3 aromatic rings. The molecule has 10 nitrogen and oxygen atoms in total. The van der Waals surface area contributed by atoms with Crippen LogP contribution in [-0.4, -0.2) is 88.6 Å². The van der Waals surface area contributed by atoms with Crippen molar-refractivity contribution in [1.29, 1.82) is 0 Å². The van der Waals surface area contributed by atoms with Crippen LogP contribution < -0.4 is 15.4 Å². The molecule has 0 unspecified atom stereocenters. The van der Waals surface area contributed by atoms with E-state index < -0.39 is 5.91 Å². The number of anilines is 2. The van der Waals surface area contributed by atoms with Gasteiger partial charge in [0.05, 0.1) is 36.6 Å². The summed E-state index contributed by atoms with van der Waals surface area (Å²) in [6.45, 7) is 9.80. The molecule has 37 heavy (non-hydrogen) atoms. The van der Waals surface area contributed by atoms with E-state index in [1.807, 2.05) is 6.92 Å². The quantitative estimate of drug-likeness (QED) is 0.400. The highest BCUT2D eigenvalue weighted by Gasteiger charge is 2.17. The van der Waals surface area contributed by atoms with E-state index in [-0.39, 0.29) is 23.3 Å². The van der Waals surface area contributed by atoms with E-state index in [1.165, 1.54) is 12.3 Å². The second-order valence-corrected chi connectivity index (χ2v) is 9.00. The van der Waals surface area contributed by atoms with Crippen LogP contribution >= 0.6 is 0 Å². The molecular formula is C26H33FN8O2. The first-order valence-electron chi connectivity index (χ1n) is 12.5. The number of halogens is 1. The van der Waals surface area contributed by atoms with Crippen LogP contribution in [0.4, 0.5) is 15.9 Å². The highest BCUT2D eigenvalue weighted by Crippen LogP contribution is 2.24. The SMILES string of the molecule is CCNC(=O)c1nc(-c2ccc(C)c(F)c2)cnc1Nc1cnc(OCCCN2CCN(C)CC2)nc1. The summed E-state index contributed by atoms with van der Waals surface area (Å²) in [5.74, 6) is -0.500. The molecule has 11 heteroatoms. The van der Waals surface area contributed by atoms with E-state index in [4.69, 9.17) is 4.74 Å². The maximum Gasteiger partial charge on any atom is 0.316 e. The summed E-state index contributed by atoms with van der Waals surface area (Å²) in [5.41, 5.74) is 2.07. The van der Waals surface area contributed by atoms with Crippen molar-refractivity contribution in [3.8, 4) is 17.3 Å². The average molecular weight is 509 g/mol. The van der Waals surface area contributed by atoms with Crippen LogP contribution in [0.15, 0.2) is 36.8 Å². The molecular weight excluding hydrogens is 475 g/mol. The molecule has 1 amide bonds. The van der Waals surface area contributed by atoms with E-state index >= 15 is 0 Å². The molecule has 0 aliphatic carbocycles. The third-order valence-corrected chi connectivity index (χ3v) is 6.13. The molecule has 2 aromatic heterocycles. The first-order chi connectivity index (χ1) is 17.9. The molecule has 0 atom stereocenters. The van der Waals surface area contributed by atoms with Gasteiger partial charge in [-0.05, 0) is 38.9 Å². The molecule has 0 bridgehead atoms. The third-order valence-electron chi connectivity index (χ3n) is 6.13. The molecule has 0 saturated carbocycles. The van der Waals surface area contributed by atoms with Crippen molar-refractivity contribution in [2.24, 2.45) is 0 Å². The molecule has 1 aliphatic rings. The van der Waals surface area contributed by atoms with Gasteiger partial charge in [0.1, 0.15) is 5.82 Å². The highest BCUT2D eigenvalue weighted by atomic mass is 19.1. The minimum Gasteiger partial charge on any atom is -0.463 e. The van der Waals surface area contributed by atoms with Gasteiger partial charge in [-0.25, -0.2) is 24.3 Å². The van der Waals surface area contributed by atoms with Crippen LogP contribution in [0.5, 0.6) is 6.01 Å². The fraction of sp³-hybridized carbons (Fsp3) is 0.423. The summed E-state index contributed by atoms with van der Waals surface area (Å²) in [6.07, 6.45) is 5.52. The van der Waals surface area contributed by atoms with Gasteiger partial charge in [0.15, 0.2) is 11.5 Å². The van der Waals surface area contributed by atoms with Crippen molar-refractivity contribution in [2.45, 2.75) is 20.3 Å². The van der Waals surface area contributed by atoms with Crippen LogP contribution in [-0.2, 0) is 0 Å². The predicted octanol–water partition coefficient (Wildman–Crippen LogP) is 2.89. The van der Waals surface area contributed by atoms with Crippen molar-refractivity contribution < 1.29 is 13.9 Å². The van der Waals surface area contributed by atoms with Crippen LogP contribution in [0.2, 0.25) is 0 Å². The fourth-order valence-electron chi connectivity index (χ4n) is 3.89. The molecule has 3 heterocycles. The normalized spacial score (nSPS) is 14.4. The van der Waals surface area contributed by atoms with Crippen LogP contribution in [0.25, 0.3) is 11.3 Å². The number of carbonyl (C=O) groups excluding carboxylic acids is 1. The molecule has 1 aromatic carbocycles. The zero-order chi connectivity index (χ0) is 26.2. The number of piperazine rings is 1. The van der Waals surface area contributed by atoms with Crippen LogP contribution in [0.3, 0.4) is 0 Å². The maximum absolute atomic E-state index is 14.1. The first kappa shape index (κ1) is 26.4. The Bertz CT molecular complexity index is 1200. The fourth-order valence-corrected chi connectivity index (χ4v) is 3.89. The zero-order valence-electron chi connectivity index (χ0n) is 21.5. The second kappa shape index (κ2) is 12.5. The Hall–Kier alpha value is -3.70. The van der Waals surface area contributed by atoms with E-state index in [9.17, 15) is 9.18 Å². The number of amides is 1. The predicted molar refractivity (Wildman–Crippen MR) is 140 cm³/mol. The van der Waals surface area contributed by atoms with Crippen LogP contribution in [0.1, 0.15) is 29.4 Å². The lowest BCUT2D eigenvalue weighted by Crippen LogP contribution is -2.44. The Morgan fingerprint density at radius 2 is 1.86 bits per heavy atom. The van der Waals surface area contributed by atoms with Gasteiger partial charge in [0, 0.05) is 44.8 Å². The number of hydrogen-bond donors (Lipinski definition) is 2. The van der Waals surface area contributed by atoms with Gasteiger partial charge in [0.2, 0.25) is 0 Å². The lowest BCUT2D eigenvalue weighted by molar-refractivity contribution is 0.0951. The van der Waals surface area contributed by atoms with E-state index in [2.05, 4.69) is 47.4 Å². The summed E-state index contributed by atoms with van der Waals surface area (Å²) in [4.78, 5) is 34.8. The van der Waals surface area contributed by atoms with E-state index in [1.54, 1.807) is 31.5 Å².